The van der Waals surface area contributed by atoms with Gasteiger partial charge in [0.2, 0.25) is 5.91 Å². The minimum Gasteiger partial charge on any atom is -0.497 e. The van der Waals surface area contributed by atoms with Gasteiger partial charge in [-0.2, -0.15) is 0 Å². The highest BCUT2D eigenvalue weighted by Crippen LogP contribution is 2.33. The number of piperidine rings is 1. The third kappa shape index (κ3) is 4.50. The maximum absolute atomic E-state index is 12.4. The fourth-order valence-corrected chi connectivity index (χ4v) is 3.62. The summed E-state index contributed by atoms with van der Waals surface area (Å²) in [6, 6.07) is 4.79. The Kier molecular flexibility index (Phi) is 5.83. The van der Waals surface area contributed by atoms with Gasteiger partial charge in [-0.15, -0.1) is 0 Å². The summed E-state index contributed by atoms with van der Waals surface area (Å²) >= 11 is 0. The molecule has 0 aromatic heterocycles. The van der Waals surface area contributed by atoms with Crippen molar-refractivity contribution in [2.45, 2.75) is 37.6 Å². The molecule has 1 atom stereocenters. The molecule has 8 heteroatoms. The van der Waals surface area contributed by atoms with E-state index in [4.69, 9.17) is 9.47 Å². The Morgan fingerprint density at radius 3 is 2.26 bits per heavy atom. The molecule has 0 spiro atoms. The van der Waals surface area contributed by atoms with E-state index >= 15 is 0 Å². The van der Waals surface area contributed by atoms with Crippen LogP contribution in [0.15, 0.2) is 18.2 Å². The van der Waals surface area contributed by atoms with Crippen LogP contribution in [0.25, 0.3) is 0 Å². The topological polar surface area (TPSA) is 97.0 Å². The maximum atomic E-state index is 12.4. The van der Waals surface area contributed by atoms with Gasteiger partial charge in [-0.1, -0.05) is 0 Å². The molecule has 1 aromatic carbocycles. The molecule has 0 saturated carbocycles. The Hall–Kier alpha value is -2.77. The van der Waals surface area contributed by atoms with Crippen LogP contribution in [0.5, 0.6) is 11.5 Å². The number of nitrogens with one attached hydrogen (secondary N) is 2. The van der Waals surface area contributed by atoms with Gasteiger partial charge in [0, 0.05) is 25.6 Å². The first-order valence-electron chi connectivity index (χ1n) is 9.12. The molecule has 8 nitrogen and oxygen atoms in total. The van der Waals surface area contributed by atoms with Gasteiger partial charge in [0.05, 0.1) is 14.2 Å². The smallest absolute Gasteiger partial charge is 0.322 e. The van der Waals surface area contributed by atoms with Crippen molar-refractivity contribution in [1.29, 1.82) is 0 Å². The van der Waals surface area contributed by atoms with Crippen LogP contribution in [0.4, 0.5) is 4.79 Å². The number of nitrogens with zero attached hydrogens (tertiary/aromatic N) is 1. The highest BCUT2D eigenvalue weighted by molar-refractivity contribution is 6.04. The van der Waals surface area contributed by atoms with Gasteiger partial charge in [-0.05, 0) is 42.9 Å². The fourth-order valence-electron chi connectivity index (χ4n) is 3.62. The number of carbonyl (C=O) groups is 3. The molecule has 146 valence electrons. The van der Waals surface area contributed by atoms with Crippen molar-refractivity contribution in [3.05, 3.63) is 23.8 Å². The van der Waals surface area contributed by atoms with Crippen molar-refractivity contribution in [3.8, 4) is 11.5 Å². The van der Waals surface area contributed by atoms with Gasteiger partial charge < -0.3 is 19.7 Å². The molecule has 3 rings (SSSR count). The number of hydrogen-bond donors (Lipinski definition) is 2. The van der Waals surface area contributed by atoms with Gasteiger partial charge in [-0.25, -0.2) is 4.79 Å². The van der Waals surface area contributed by atoms with E-state index in [0.29, 0.717) is 25.4 Å². The lowest BCUT2D eigenvalue weighted by Gasteiger charge is -2.32. The SMILES string of the molecule is COc1cc(OC)cc(C2CCN(C(=O)CC[C@H]3NC(=O)NC3=O)CC2)c1. The number of benzene rings is 1. The summed E-state index contributed by atoms with van der Waals surface area (Å²) in [4.78, 5) is 36.9. The second kappa shape index (κ2) is 8.28. The molecule has 2 heterocycles. The molecule has 2 aliphatic heterocycles. The van der Waals surface area contributed by atoms with Crippen molar-refractivity contribution < 1.29 is 23.9 Å². The monoisotopic (exact) mass is 375 g/mol. The van der Waals surface area contributed by atoms with E-state index in [1.165, 1.54) is 0 Å². The third-order valence-electron chi connectivity index (χ3n) is 5.20. The lowest BCUT2D eigenvalue weighted by atomic mass is 9.89. The second-order valence-electron chi connectivity index (χ2n) is 6.86. The summed E-state index contributed by atoms with van der Waals surface area (Å²) in [5.74, 6) is 1.53. The summed E-state index contributed by atoms with van der Waals surface area (Å²) in [5, 5.41) is 4.70. The fraction of sp³-hybridized carbons (Fsp3) is 0.526. The minimum absolute atomic E-state index is 0.0191. The van der Waals surface area contributed by atoms with Crippen LogP contribution in [0.1, 0.15) is 37.2 Å². The quantitative estimate of drug-likeness (QED) is 0.733. The first-order chi connectivity index (χ1) is 13.0. The number of carbonyl (C=O) groups excluding carboxylic acids is 3. The van der Waals surface area contributed by atoms with Crippen molar-refractivity contribution >= 4 is 17.8 Å². The van der Waals surface area contributed by atoms with Crippen LogP contribution >= 0.6 is 0 Å². The molecule has 0 bridgehead atoms. The summed E-state index contributed by atoms with van der Waals surface area (Å²) in [6.07, 6.45) is 2.30. The zero-order valence-corrected chi connectivity index (χ0v) is 15.6. The highest BCUT2D eigenvalue weighted by Gasteiger charge is 2.31. The Labute approximate surface area is 158 Å². The van der Waals surface area contributed by atoms with Crippen LogP contribution in [-0.4, -0.2) is 56.1 Å². The molecule has 2 aliphatic rings. The van der Waals surface area contributed by atoms with E-state index < -0.39 is 12.1 Å². The summed E-state index contributed by atoms with van der Waals surface area (Å²) in [5.41, 5.74) is 1.16. The van der Waals surface area contributed by atoms with Crippen molar-refractivity contribution in [1.82, 2.24) is 15.5 Å². The van der Waals surface area contributed by atoms with Crippen LogP contribution in [0.3, 0.4) is 0 Å². The molecule has 4 amide bonds. The number of rotatable bonds is 6. The zero-order chi connectivity index (χ0) is 19.4. The van der Waals surface area contributed by atoms with E-state index in [-0.39, 0.29) is 18.2 Å². The molecule has 2 fully saturated rings. The molecular weight excluding hydrogens is 350 g/mol. The predicted molar refractivity (Wildman–Crippen MR) is 97.8 cm³/mol. The molecule has 0 aliphatic carbocycles. The first kappa shape index (κ1) is 19.0. The number of methoxy groups -OCH3 is 2. The molecule has 1 aromatic rings. The first-order valence-corrected chi connectivity index (χ1v) is 9.12. The Balaban J connectivity index is 1.52. The molecule has 0 radical (unpaired) electrons. The van der Waals surface area contributed by atoms with Gasteiger partial charge >= 0.3 is 6.03 Å². The van der Waals surface area contributed by atoms with Gasteiger partial charge in [-0.3, -0.25) is 14.9 Å². The van der Waals surface area contributed by atoms with Crippen LogP contribution in [0.2, 0.25) is 0 Å². The Morgan fingerprint density at radius 1 is 1.11 bits per heavy atom. The van der Waals surface area contributed by atoms with Gasteiger partial charge in [0.15, 0.2) is 0 Å². The van der Waals surface area contributed by atoms with Crippen molar-refractivity contribution in [3.63, 3.8) is 0 Å². The Bertz CT molecular complexity index is 706. The van der Waals surface area contributed by atoms with Crippen molar-refractivity contribution in [2.24, 2.45) is 0 Å². The average Bonchev–Trinajstić information content (AvgIpc) is 3.02. The molecule has 2 saturated heterocycles. The van der Waals surface area contributed by atoms with E-state index in [1.54, 1.807) is 14.2 Å². The minimum atomic E-state index is -0.608. The van der Waals surface area contributed by atoms with E-state index in [0.717, 1.165) is 29.9 Å². The van der Waals surface area contributed by atoms with Crippen LogP contribution < -0.4 is 20.1 Å². The summed E-state index contributed by atoms with van der Waals surface area (Å²) < 4.78 is 10.7. The number of amides is 4. The predicted octanol–water partition coefficient (Wildman–Crippen LogP) is 1.40. The van der Waals surface area contributed by atoms with E-state index in [1.807, 2.05) is 23.1 Å². The van der Waals surface area contributed by atoms with Crippen LogP contribution in [0, 0.1) is 0 Å². The number of likely N-dealkylation sites (tertiary alicyclic amines) is 1. The lowest BCUT2D eigenvalue weighted by molar-refractivity contribution is -0.132. The molecule has 0 unspecified atom stereocenters. The molecule has 2 N–H and O–H groups in total. The maximum Gasteiger partial charge on any atom is 0.322 e. The van der Waals surface area contributed by atoms with Gasteiger partial charge in [0.1, 0.15) is 17.5 Å². The van der Waals surface area contributed by atoms with Crippen LogP contribution in [-0.2, 0) is 9.59 Å². The number of urea groups is 1. The third-order valence-corrected chi connectivity index (χ3v) is 5.20. The number of imide groups is 1. The van der Waals surface area contributed by atoms with Crippen molar-refractivity contribution in [2.75, 3.05) is 27.3 Å². The largest absolute Gasteiger partial charge is 0.497 e. The average molecular weight is 375 g/mol. The van der Waals surface area contributed by atoms with E-state index in [9.17, 15) is 14.4 Å². The Morgan fingerprint density at radius 2 is 1.74 bits per heavy atom. The summed E-state index contributed by atoms with van der Waals surface area (Å²) in [7, 11) is 3.26. The normalized spacial score (nSPS) is 20.2. The summed E-state index contributed by atoms with van der Waals surface area (Å²) in [6.45, 7) is 1.35. The number of hydrogen-bond acceptors (Lipinski definition) is 5. The van der Waals surface area contributed by atoms with Gasteiger partial charge in [0.25, 0.3) is 5.91 Å². The lowest BCUT2D eigenvalue weighted by Crippen LogP contribution is -2.39. The molecule has 27 heavy (non-hydrogen) atoms. The second-order valence-corrected chi connectivity index (χ2v) is 6.86. The van der Waals surface area contributed by atoms with E-state index in [2.05, 4.69) is 10.6 Å². The number of ether oxygens (including phenoxy) is 2. The molecular formula is C19H25N3O5. The standard InChI is InChI=1S/C19H25N3O5/c1-26-14-9-13(10-15(11-14)27-2)12-5-7-22(8-6-12)17(23)4-3-16-18(24)21-19(25)20-16/h9-12,16H,3-8H2,1-2H3,(H2,20,21,24,25)/t16-/m1/s1. The highest BCUT2D eigenvalue weighted by atomic mass is 16.5. The zero-order valence-electron chi connectivity index (χ0n) is 15.6.